The van der Waals surface area contributed by atoms with Crippen LogP contribution in [-0.4, -0.2) is 36.7 Å². The Balaban J connectivity index is 1.76. The van der Waals surface area contributed by atoms with Gasteiger partial charge >= 0.3 is 0 Å². The van der Waals surface area contributed by atoms with Crippen LogP contribution >= 0.6 is 11.6 Å². The van der Waals surface area contributed by atoms with E-state index in [1.807, 2.05) is 0 Å². The lowest BCUT2D eigenvalue weighted by Crippen LogP contribution is -2.22. The van der Waals surface area contributed by atoms with Crippen molar-refractivity contribution in [1.29, 1.82) is 0 Å². The third-order valence-electron chi connectivity index (χ3n) is 5.32. The summed E-state index contributed by atoms with van der Waals surface area (Å²) in [4.78, 5) is 29.9. The fourth-order valence-corrected chi connectivity index (χ4v) is 3.61. The first kappa shape index (κ1) is 26.1. The number of pyridine rings is 3. The van der Waals surface area contributed by atoms with Crippen molar-refractivity contribution in [2.75, 3.05) is 7.11 Å². The molecule has 1 N–H and O–H groups in total. The van der Waals surface area contributed by atoms with Crippen molar-refractivity contribution in [3.8, 4) is 28.7 Å². The Morgan fingerprint density at radius 1 is 1.11 bits per heavy atom. The molecule has 0 unspecified atom stereocenters. The van der Waals surface area contributed by atoms with Gasteiger partial charge in [-0.2, -0.15) is 0 Å². The minimum Gasteiger partial charge on any atom is -0.485 e. The number of aromatic nitrogens is 5. The molecule has 0 amide bonds. The molecule has 0 aliphatic heterocycles. The van der Waals surface area contributed by atoms with E-state index in [0.29, 0.717) is 28.7 Å². The lowest BCUT2D eigenvalue weighted by Gasteiger charge is -2.18. The Labute approximate surface area is 215 Å². The first-order valence-electron chi connectivity index (χ1n) is 10.9. The van der Waals surface area contributed by atoms with E-state index >= 15 is 0 Å². The number of hydrogen-bond donors (Lipinski definition) is 1. The van der Waals surface area contributed by atoms with Crippen molar-refractivity contribution < 1.29 is 23.4 Å². The van der Waals surface area contributed by atoms with Gasteiger partial charge in [-0.25, -0.2) is 23.3 Å². The van der Waals surface area contributed by atoms with Gasteiger partial charge in [-0.3, -0.25) is 14.8 Å². The summed E-state index contributed by atoms with van der Waals surface area (Å²) in [5, 5.41) is 9.98. The number of hydrogen-bond acceptors (Lipinski definition) is 8. The SMILES string of the molecule is COc1cc(OCc2ncc(F)cc2F)c(Cl)c(=O)n1-c1cc(-c2ccnc(C(C)(C)O)n2)ncc1C. The first-order valence-corrected chi connectivity index (χ1v) is 11.3. The summed E-state index contributed by atoms with van der Waals surface area (Å²) in [5.74, 6) is -1.50. The number of nitrogens with zero attached hydrogens (tertiary/aromatic N) is 5. The summed E-state index contributed by atoms with van der Waals surface area (Å²) in [5.41, 5.74) is -0.205. The molecular formula is C25H22ClF2N5O4. The maximum Gasteiger partial charge on any atom is 0.280 e. The highest BCUT2D eigenvalue weighted by Crippen LogP contribution is 2.31. The molecule has 4 heterocycles. The number of rotatable bonds is 7. The van der Waals surface area contributed by atoms with Crippen LogP contribution in [0.15, 0.2) is 47.7 Å². The van der Waals surface area contributed by atoms with E-state index < -0.39 is 29.4 Å². The van der Waals surface area contributed by atoms with Crippen molar-refractivity contribution in [2.24, 2.45) is 0 Å². The number of aryl methyl sites for hydroxylation is 1. The molecule has 0 radical (unpaired) electrons. The van der Waals surface area contributed by atoms with Gasteiger partial charge in [0.2, 0.25) is 5.88 Å². The highest BCUT2D eigenvalue weighted by molar-refractivity contribution is 6.31. The van der Waals surface area contributed by atoms with Crippen LogP contribution in [0.1, 0.15) is 30.9 Å². The van der Waals surface area contributed by atoms with Gasteiger partial charge in [-0.15, -0.1) is 0 Å². The smallest absolute Gasteiger partial charge is 0.280 e. The molecule has 9 nitrogen and oxygen atoms in total. The summed E-state index contributed by atoms with van der Waals surface area (Å²) >= 11 is 6.34. The van der Waals surface area contributed by atoms with Gasteiger partial charge in [0.15, 0.2) is 11.6 Å². The fraction of sp³-hybridized carbons (Fsp3) is 0.240. The van der Waals surface area contributed by atoms with Crippen LogP contribution < -0.4 is 15.0 Å². The molecule has 0 saturated carbocycles. The highest BCUT2D eigenvalue weighted by atomic mass is 35.5. The molecule has 4 rings (SSSR count). The second-order valence-electron chi connectivity index (χ2n) is 8.56. The number of ether oxygens (including phenoxy) is 2. The summed E-state index contributed by atoms with van der Waals surface area (Å²) in [6.07, 6.45) is 3.92. The summed E-state index contributed by atoms with van der Waals surface area (Å²) in [6, 6.07) is 5.31. The maximum absolute atomic E-state index is 13.9. The Kier molecular flexibility index (Phi) is 7.19. The second-order valence-corrected chi connectivity index (χ2v) is 8.93. The van der Waals surface area contributed by atoms with Gasteiger partial charge in [0.1, 0.15) is 34.5 Å². The molecule has 0 atom stereocenters. The third kappa shape index (κ3) is 5.42. The number of halogens is 3. The van der Waals surface area contributed by atoms with Crippen LogP contribution in [0.25, 0.3) is 17.1 Å². The van der Waals surface area contributed by atoms with Crippen LogP contribution in [0.3, 0.4) is 0 Å². The zero-order valence-electron chi connectivity index (χ0n) is 20.3. The molecule has 0 saturated heterocycles. The van der Waals surface area contributed by atoms with Crippen molar-refractivity contribution >= 4 is 11.6 Å². The van der Waals surface area contributed by atoms with Crippen LogP contribution in [0.5, 0.6) is 11.6 Å². The lowest BCUT2D eigenvalue weighted by atomic mass is 10.1. The van der Waals surface area contributed by atoms with E-state index in [9.17, 15) is 18.7 Å². The Bertz CT molecular complexity index is 1540. The van der Waals surface area contributed by atoms with Gasteiger partial charge in [-0.05, 0) is 38.5 Å². The molecule has 4 aromatic rings. The van der Waals surface area contributed by atoms with Crippen molar-refractivity contribution in [1.82, 2.24) is 24.5 Å². The predicted molar refractivity (Wildman–Crippen MR) is 131 cm³/mol. The minimum atomic E-state index is -1.26. The van der Waals surface area contributed by atoms with Crippen LogP contribution in [-0.2, 0) is 12.2 Å². The highest BCUT2D eigenvalue weighted by Gasteiger charge is 2.22. The molecule has 192 valence electrons. The number of methoxy groups -OCH3 is 1. The minimum absolute atomic E-state index is 0.0668. The Hall–Kier alpha value is -3.96. The molecule has 4 aromatic heterocycles. The van der Waals surface area contributed by atoms with E-state index in [4.69, 9.17) is 21.1 Å². The number of aliphatic hydroxyl groups is 1. The molecule has 0 aliphatic rings. The van der Waals surface area contributed by atoms with Crippen molar-refractivity contribution in [3.05, 3.63) is 86.9 Å². The third-order valence-corrected chi connectivity index (χ3v) is 5.67. The van der Waals surface area contributed by atoms with E-state index in [1.165, 1.54) is 23.9 Å². The summed E-state index contributed by atoms with van der Waals surface area (Å²) in [6.45, 7) is 4.49. The first-order chi connectivity index (χ1) is 17.5. The molecule has 0 bridgehead atoms. The molecule has 0 aromatic carbocycles. The molecular weight excluding hydrogens is 508 g/mol. The monoisotopic (exact) mass is 529 g/mol. The lowest BCUT2D eigenvalue weighted by molar-refractivity contribution is 0.0688. The van der Waals surface area contributed by atoms with E-state index in [2.05, 4.69) is 19.9 Å². The fourth-order valence-electron chi connectivity index (χ4n) is 3.41. The average Bonchev–Trinajstić information content (AvgIpc) is 2.86. The standard InChI is InChI=1S/C25H22ClF2N5O4/c1-13-10-30-17(16-5-6-29-24(32-16)25(2,3)35)8-19(13)33-21(36-4)9-20(22(26)23(33)34)37-12-18-15(28)7-14(27)11-31-18/h5-11,35H,12H2,1-4H3. The average molecular weight is 530 g/mol. The van der Waals surface area contributed by atoms with Crippen LogP contribution in [0.2, 0.25) is 5.02 Å². The Morgan fingerprint density at radius 3 is 2.54 bits per heavy atom. The van der Waals surface area contributed by atoms with E-state index in [1.54, 1.807) is 39.1 Å². The normalized spacial score (nSPS) is 11.5. The zero-order valence-corrected chi connectivity index (χ0v) is 21.0. The van der Waals surface area contributed by atoms with E-state index in [-0.39, 0.29) is 28.2 Å². The van der Waals surface area contributed by atoms with Gasteiger partial charge in [-0.1, -0.05) is 11.6 Å². The molecule has 0 fully saturated rings. The topological polar surface area (TPSA) is 112 Å². The van der Waals surface area contributed by atoms with E-state index in [0.717, 1.165) is 6.20 Å². The van der Waals surface area contributed by atoms with Crippen LogP contribution in [0, 0.1) is 18.6 Å². The maximum atomic E-state index is 13.9. The largest absolute Gasteiger partial charge is 0.485 e. The molecule has 37 heavy (non-hydrogen) atoms. The van der Waals surface area contributed by atoms with Gasteiger partial charge < -0.3 is 14.6 Å². The second kappa shape index (κ2) is 10.2. The molecule has 0 aliphatic carbocycles. The predicted octanol–water partition coefficient (Wildman–Crippen LogP) is 4.14. The van der Waals surface area contributed by atoms with Crippen molar-refractivity contribution in [3.63, 3.8) is 0 Å². The summed E-state index contributed by atoms with van der Waals surface area (Å²) < 4.78 is 39.3. The Morgan fingerprint density at radius 2 is 1.86 bits per heavy atom. The van der Waals surface area contributed by atoms with Crippen LogP contribution in [0.4, 0.5) is 8.78 Å². The quantitative estimate of drug-likeness (QED) is 0.380. The molecule has 0 spiro atoms. The molecule has 12 heteroatoms. The summed E-state index contributed by atoms with van der Waals surface area (Å²) in [7, 11) is 1.36. The van der Waals surface area contributed by atoms with Gasteiger partial charge in [0.25, 0.3) is 5.56 Å². The van der Waals surface area contributed by atoms with Crippen molar-refractivity contribution in [2.45, 2.75) is 33.0 Å². The zero-order chi connectivity index (χ0) is 26.9. The van der Waals surface area contributed by atoms with Gasteiger partial charge in [0, 0.05) is 24.5 Å². The van der Waals surface area contributed by atoms with Gasteiger partial charge in [0.05, 0.1) is 30.4 Å².